The minimum atomic E-state index is -0.666. The molecular weight excluding hydrogens is 416 g/mol. The van der Waals surface area contributed by atoms with Gasteiger partial charge in [-0.25, -0.2) is 0 Å². The lowest BCUT2D eigenvalue weighted by atomic mass is 10.0. The number of nitrogens with two attached hydrogens (primary N) is 1. The number of hydrogen-bond acceptors (Lipinski definition) is 5. The molecule has 0 saturated heterocycles. The van der Waals surface area contributed by atoms with Crippen molar-refractivity contribution < 1.29 is 19.7 Å². The molecule has 0 aliphatic rings. The molecule has 0 fully saturated rings. The van der Waals surface area contributed by atoms with Gasteiger partial charge in [-0.15, -0.1) is 0 Å². The predicted molar refractivity (Wildman–Crippen MR) is 129 cm³/mol. The molecule has 3 atom stereocenters. The number of rotatable bonds is 12. The molecule has 3 rings (SSSR count). The quantitative estimate of drug-likeness (QED) is 0.395. The lowest BCUT2D eigenvalue weighted by molar-refractivity contribution is -0.119. The van der Waals surface area contributed by atoms with E-state index < -0.39 is 18.1 Å². The number of ether oxygens (including phenoxy) is 1. The second-order valence-electron chi connectivity index (χ2n) is 8.26. The van der Waals surface area contributed by atoms with E-state index >= 15 is 0 Å². The van der Waals surface area contributed by atoms with Crippen LogP contribution in [0.3, 0.4) is 0 Å². The van der Waals surface area contributed by atoms with Gasteiger partial charge in [0.25, 0.3) is 5.91 Å². The van der Waals surface area contributed by atoms with E-state index in [2.05, 4.69) is 11.8 Å². The Bertz CT molecular complexity index is 933. The zero-order valence-corrected chi connectivity index (χ0v) is 18.9. The number of amides is 1. The summed E-state index contributed by atoms with van der Waals surface area (Å²) in [5, 5.41) is 21.7. The highest BCUT2D eigenvalue weighted by atomic mass is 16.5. The lowest BCUT2D eigenvalue weighted by Crippen LogP contribution is -2.40. The SMILES string of the molecule is C[C@H](Cc1ccc(OCC(N)=O)cc1)N(C[C@H](O)c1ccccc1)C[C@H](O)c1ccccc1. The van der Waals surface area contributed by atoms with Crippen LogP contribution < -0.4 is 10.5 Å². The molecule has 3 aromatic carbocycles. The number of benzene rings is 3. The van der Waals surface area contributed by atoms with Gasteiger partial charge in [0.05, 0.1) is 12.2 Å². The summed E-state index contributed by atoms with van der Waals surface area (Å²) >= 11 is 0. The Hall–Kier alpha value is -3.19. The van der Waals surface area contributed by atoms with Crippen LogP contribution in [0.5, 0.6) is 5.75 Å². The molecule has 0 spiro atoms. The summed E-state index contributed by atoms with van der Waals surface area (Å²) in [6, 6.07) is 26.7. The molecule has 0 unspecified atom stereocenters. The van der Waals surface area contributed by atoms with E-state index in [1.54, 1.807) is 0 Å². The van der Waals surface area contributed by atoms with E-state index in [-0.39, 0.29) is 12.6 Å². The second kappa shape index (κ2) is 12.2. The number of carbonyl (C=O) groups is 1. The van der Waals surface area contributed by atoms with Crippen LogP contribution in [0.1, 0.15) is 35.8 Å². The molecule has 0 aromatic heterocycles. The van der Waals surface area contributed by atoms with Crippen molar-refractivity contribution in [2.24, 2.45) is 5.73 Å². The van der Waals surface area contributed by atoms with Gasteiger partial charge in [0.2, 0.25) is 0 Å². The van der Waals surface area contributed by atoms with Crippen LogP contribution in [0, 0.1) is 0 Å². The summed E-state index contributed by atoms with van der Waals surface area (Å²) in [7, 11) is 0. The lowest BCUT2D eigenvalue weighted by Gasteiger charge is -2.33. The molecule has 0 aliphatic heterocycles. The molecule has 4 N–H and O–H groups in total. The third-order valence-electron chi connectivity index (χ3n) is 5.64. The van der Waals surface area contributed by atoms with Gasteiger partial charge in [0, 0.05) is 19.1 Å². The molecule has 6 nitrogen and oxygen atoms in total. The van der Waals surface area contributed by atoms with Crippen LogP contribution in [-0.4, -0.2) is 46.8 Å². The minimum absolute atomic E-state index is 0.0547. The standard InChI is InChI=1S/C27H32N2O4/c1-20(16-21-12-14-24(15-13-21)33-19-27(28)32)29(17-25(30)22-8-4-2-5-9-22)18-26(31)23-10-6-3-7-11-23/h2-15,20,25-26,30-31H,16-19H2,1H3,(H2,28,32)/t20-,25+,26+/m1/s1. The molecular formula is C27H32N2O4. The summed E-state index contributed by atoms with van der Waals surface area (Å²) in [5.41, 5.74) is 7.90. The largest absolute Gasteiger partial charge is 0.484 e. The number of carbonyl (C=O) groups excluding carboxylic acids is 1. The molecule has 0 saturated carbocycles. The fourth-order valence-corrected chi connectivity index (χ4v) is 3.79. The van der Waals surface area contributed by atoms with Crippen molar-refractivity contribution in [2.45, 2.75) is 31.6 Å². The highest BCUT2D eigenvalue weighted by Crippen LogP contribution is 2.22. The van der Waals surface area contributed by atoms with Crippen molar-refractivity contribution in [1.82, 2.24) is 4.90 Å². The van der Waals surface area contributed by atoms with Gasteiger partial charge in [-0.1, -0.05) is 72.8 Å². The van der Waals surface area contributed by atoms with E-state index in [9.17, 15) is 15.0 Å². The van der Waals surface area contributed by atoms with Gasteiger partial charge in [0.15, 0.2) is 6.61 Å². The first-order chi connectivity index (χ1) is 15.9. The van der Waals surface area contributed by atoms with E-state index in [0.29, 0.717) is 18.8 Å². The van der Waals surface area contributed by atoms with E-state index in [0.717, 1.165) is 23.1 Å². The first-order valence-corrected chi connectivity index (χ1v) is 11.1. The molecule has 0 aliphatic carbocycles. The Morgan fingerprint density at radius 3 is 1.79 bits per heavy atom. The smallest absolute Gasteiger partial charge is 0.255 e. The van der Waals surface area contributed by atoms with Crippen molar-refractivity contribution in [1.29, 1.82) is 0 Å². The van der Waals surface area contributed by atoms with Gasteiger partial charge in [-0.3, -0.25) is 9.69 Å². The highest BCUT2D eigenvalue weighted by molar-refractivity contribution is 5.75. The van der Waals surface area contributed by atoms with Gasteiger partial charge in [0.1, 0.15) is 5.75 Å². The Kier molecular flexibility index (Phi) is 9.01. The minimum Gasteiger partial charge on any atom is -0.484 e. The third-order valence-corrected chi connectivity index (χ3v) is 5.64. The topological polar surface area (TPSA) is 96.0 Å². The molecule has 0 heterocycles. The van der Waals surface area contributed by atoms with Crippen molar-refractivity contribution in [3.05, 3.63) is 102 Å². The molecule has 0 bridgehead atoms. The first-order valence-electron chi connectivity index (χ1n) is 11.1. The Balaban J connectivity index is 1.70. The summed E-state index contributed by atoms with van der Waals surface area (Å²) in [6.45, 7) is 2.73. The van der Waals surface area contributed by atoms with Crippen molar-refractivity contribution in [2.75, 3.05) is 19.7 Å². The molecule has 0 radical (unpaired) electrons. The Labute approximate surface area is 195 Å². The number of nitrogens with zero attached hydrogens (tertiary/aromatic N) is 1. The van der Waals surface area contributed by atoms with E-state index in [1.807, 2.05) is 84.9 Å². The van der Waals surface area contributed by atoms with Crippen LogP contribution >= 0.6 is 0 Å². The first kappa shape index (κ1) is 24.5. The summed E-state index contributed by atoms with van der Waals surface area (Å²) in [4.78, 5) is 13.0. The number of aliphatic hydroxyl groups is 2. The maximum Gasteiger partial charge on any atom is 0.255 e. The van der Waals surface area contributed by atoms with Crippen LogP contribution in [0.4, 0.5) is 0 Å². The average Bonchev–Trinajstić information content (AvgIpc) is 2.84. The highest BCUT2D eigenvalue weighted by Gasteiger charge is 2.22. The van der Waals surface area contributed by atoms with Crippen molar-refractivity contribution in [3.8, 4) is 5.75 Å². The summed E-state index contributed by atoms with van der Waals surface area (Å²) < 4.78 is 5.33. The molecule has 6 heteroatoms. The maximum atomic E-state index is 10.9. The van der Waals surface area contributed by atoms with E-state index in [1.165, 1.54) is 0 Å². The predicted octanol–water partition coefficient (Wildman–Crippen LogP) is 3.25. The Morgan fingerprint density at radius 2 is 1.33 bits per heavy atom. The monoisotopic (exact) mass is 448 g/mol. The summed E-state index contributed by atoms with van der Waals surface area (Å²) in [5.74, 6) is 0.0679. The van der Waals surface area contributed by atoms with Crippen LogP contribution in [0.2, 0.25) is 0 Å². The second-order valence-corrected chi connectivity index (χ2v) is 8.26. The summed E-state index contributed by atoms with van der Waals surface area (Å²) in [6.07, 6.45) is -0.610. The number of primary amides is 1. The van der Waals surface area contributed by atoms with Crippen molar-refractivity contribution >= 4 is 5.91 Å². The zero-order chi connectivity index (χ0) is 23.6. The van der Waals surface area contributed by atoms with Crippen LogP contribution in [-0.2, 0) is 11.2 Å². The normalized spacial score (nSPS) is 13.9. The average molecular weight is 449 g/mol. The van der Waals surface area contributed by atoms with Crippen molar-refractivity contribution in [3.63, 3.8) is 0 Å². The fourth-order valence-electron chi connectivity index (χ4n) is 3.79. The van der Waals surface area contributed by atoms with Gasteiger partial charge in [-0.2, -0.15) is 0 Å². The Morgan fingerprint density at radius 1 is 0.848 bits per heavy atom. The third kappa shape index (κ3) is 7.71. The van der Waals surface area contributed by atoms with Gasteiger partial charge >= 0.3 is 0 Å². The molecule has 1 amide bonds. The number of hydrogen-bond donors (Lipinski definition) is 3. The molecule has 3 aromatic rings. The van der Waals surface area contributed by atoms with Crippen LogP contribution in [0.25, 0.3) is 0 Å². The van der Waals surface area contributed by atoms with Gasteiger partial charge in [-0.05, 0) is 42.2 Å². The van der Waals surface area contributed by atoms with Crippen LogP contribution in [0.15, 0.2) is 84.9 Å². The zero-order valence-electron chi connectivity index (χ0n) is 18.9. The molecule has 33 heavy (non-hydrogen) atoms. The fraction of sp³-hybridized carbons (Fsp3) is 0.296. The van der Waals surface area contributed by atoms with Gasteiger partial charge < -0.3 is 20.7 Å². The number of aliphatic hydroxyl groups excluding tert-OH is 2. The maximum absolute atomic E-state index is 10.9. The molecule has 174 valence electrons. The van der Waals surface area contributed by atoms with E-state index in [4.69, 9.17) is 10.5 Å².